The molecule has 0 saturated carbocycles. The number of anilines is 1. The highest BCUT2D eigenvalue weighted by Crippen LogP contribution is 2.33. The number of hydrogen-bond donors (Lipinski definition) is 1. The summed E-state index contributed by atoms with van der Waals surface area (Å²) < 4.78 is 44.6. The van der Waals surface area contributed by atoms with Crippen LogP contribution in [0.1, 0.15) is 27.6 Å². The predicted octanol–water partition coefficient (Wildman–Crippen LogP) is 4.34. The van der Waals surface area contributed by atoms with Crippen LogP contribution in [0.5, 0.6) is 11.5 Å². The van der Waals surface area contributed by atoms with Crippen molar-refractivity contribution in [3.8, 4) is 11.5 Å². The number of Topliss-reactive ketones (excluding diaryl/α,β-unsaturated/α-hetero) is 1. The van der Waals surface area contributed by atoms with Crippen LogP contribution in [-0.2, 0) is 14.8 Å². The molecule has 10 heteroatoms. The molecular formula is C24H20ClNO7S. The largest absolute Gasteiger partial charge is 0.486 e. The first-order chi connectivity index (χ1) is 16.2. The van der Waals surface area contributed by atoms with Crippen molar-refractivity contribution in [3.05, 3.63) is 82.9 Å². The molecule has 1 unspecified atom stereocenters. The number of hydrogen-bond acceptors (Lipinski definition) is 7. The van der Waals surface area contributed by atoms with Gasteiger partial charge < -0.3 is 14.2 Å². The summed E-state index contributed by atoms with van der Waals surface area (Å²) in [6.07, 6.45) is -1.12. The molecule has 1 atom stereocenters. The van der Waals surface area contributed by atoms with E-state index >= 15 is 0 Å². The zero-order valence-electron chi connectivity index (χ0n) is 18.0. The number of ketones is 1. The van der Waals surface area contributed by atoms with Crippen LogP contribution in [-0.4, -0.2) is 39.5 Å². The first-order valence-corrected chi connectivity index (χ1v) is 12.1. The third kappa shape index (κ3) is 5.16. The maximum Gasteiger partial charge on any atom is 0.340 e. The topological polar surface area (TPSA) is 108 Å². The minimum absolute atomic E-state index is 0.00444. The van der Waals surface area contributed by atoms with Crippen molar-refractivity contribution in [2.24, 2.45) is 0 Å². The highest BCUT2D eigenvalue weighted by Gasteiger charge is 2.25. The second kappa shape index (κ2) is 9.74. The van der Waals surface area contributed by atoms with Gasteiger partial charge in [-0.15, -0.1) is 0 Å². The van der Waals surface area contributed by atoms with Crippen molar-refractivity contribution < 1.29 is 32.2 Å². The number of carbonyl (C=O) groups excluding carboxylic acids is 2. The van der Waals surface area contributed by atoms with E-state index in [9.17, 15) is 18.0 Å². The number of ether oxygens (including phenoxy) is 3. The van der Waals surface area contributed by atoms with Gasteiger partial charge in [0, 0.05) is 16.7 Å². The van der Waals surface area contributed by atoms with E-state index in [1.165, 1.54) is 43.3 Å². The molecule has 0 bridgehead atoms. The molecule has 4 rings (SSSR count). The van der Waals surface area contributed by atoms with Gasteiger partial charge in [-0.1, -0.05) is 35.9 Å². The Balaban J connectivity index is 1.53. The van der Waals surface area contributed by atoms with Gasteiger partial charge in [-0.05, 0) is 43.3 Å². The van der Waals surface area contributed by atoms with Crippen LogP contribution < -0.4 is 14.2 Å². The van der Waals surface area contributed by atoms with Crippen molar-refractivity contribution in [2.45, 2.75) is 17.9 Å². The van der Waals surface area contributed by atoms with Gasteiger partial charge in [-0.2, -0.15) is 0 Å². The molecular weight excluding hydrogens is 482 g/mol. The summed E-state index contributed by atoms with van der Waals surface area (Å²) in [5.74, 6) is -0.531. The molecule has 1 aliphatic heterocycles. The standard InChI is InChI=1S/C24H20ClNO7S/c1-15(23(27)16-5-4-6-17(25)13-16)33-24(28)19-7-2-3-8-20(19)26-34(29,30)18-9-10-21-22(14-18)32-12-11-31-21/h2-10,13-15,26H,11-12H2,1H3. The molecule has 0 fully saturated rings. The van der Waals surface area contributed by atoms with Gasteiger partial charge in [0.25, 0.3) is 10.0 Å². The highest BCUT2D eigenvalue weighted by atomic mass is 35.5. The molecule has 1 aliphatic rings. The summed E-state index contributed by atoms with van der Waals surface area (Å²) in [5, 5.41) is 0.378. The fourth-order valence-electron chi connectivity index (χ4n) is 3.30. The zero-order valence-corrected chi connectivity index (χ0v) is 19.6. The molecule has 0 amide bonds. The van der Waals surface area contributed by atoms with Crippen LogP contribution in [0.25, 0.3) is 0 Å². The molecule has 0 spiro atoms. The second-order valence-corrected chi connectivity index (χ2v) is 9.50. The Bertz CT molecular complexity index is 1360. The molecule has 8 nitrogen and oxygen atoms in total. The fourth-order valence-corrected chi connectivity index (χ4v) is 4.58. The average Bonchev–Trinajstić information content (AvgIpc) is 2.83. The molecule has 176 valence electrons. The van der Waals surface area contributed by atoms with E-state index in [-0.39, 0.29) is 16.1 Å². The Hall–Kier alpha value is -3.56. The van der Waals surface area contributed by atoms with E-state index in [4.69, 9.17) is 25.8 Å². The van der Waals surface area contributed by atoms with Crippen LogP contribution in [0.15, 0.2) is 71.6 Å². The van der Waals surface area contributed by atoms with Gasteiger partial charge >= 0.3 is 5.97 Å². The Morgan fingerprint density at radius 2 is 1.71 bits per heavy atom. The normalized spacial score (nSPS) is 13.6. The number of halogens is 1. The second-order valence-electron chi connectivity index (χ2n) is 7.38. The first kappa shape index (κ1) is 23.6. The SMILES string of the molecule is CC(OC(=O)c1ccccc1NS(=O)(=O)c1ccc2c(c1)OCCO2)C(=O)c1cccc(Cl)c1. The number of carbonyl (C=O) groups is 2. The molecule has 3 aromatic rings. The number of sulfonamides is 1. The minimum Gasteiger partial charge on any atom is -0.486 e. The van der Waals surface area contributed by atoms with Gasteiger partial charge in [0.1, 0.15) is 13.2 Å². The average molecular weight is 502 g/mol. The predicted molar refractivity (Wildman–Crippen MR) is 125 cm³/mol. The van der Waals surface area contributed by atoms with Gasteiger partial charge in [0.15, 0.2) is 17.6 Å². The molecule has 1 heterocycles. The number of rotatable bonds is 7. The minimum atomic E-state index is -4.07. The third-order valence-electron chi connectivity index (χ3n) is 4.98. The number of esters is 1. The summed E-state index contributed by atoms with van der Waals surface area (Å²) in [7, 11) is -4.07. The van der Waals surface area contributed by atoms with Gasteiger partial charge in [-0.3, -0.25) is 9.52 Å². The molecule has 34 heavy (non-hydrogen) atoms. The highest BCUT2D eigenvalue weighted by molar-refractivity contribution is 7.92. The third-order valence-corrected chi connectivity index (χ3v) is 6.58. The van der Waals surface area contributed by atoms with Crippen molar-refractivity contribution in [3.63, 3.8) is 0 Å². The van der Waals surface area contributed by atoms with Crippen molar-refractivity contribution in [1.29, 1.82) is 0 Å². The van der Waals surface area contributed by atoms with E-state index in [0.29, 0.717) is 35.3 Å². The van der Waals surface area contributed by atoms with Crippen LogP contribution in [0, 0.1) is 0 Å². The molecule has 1 N–H and O–H groups in total. The molecule has 0 radical (unpaired) electrons. The summed E-state index contributed by atoms with van der Waals surface area (Å²) in [4.78, 5) is 25.4. The van der Waals surface area contributed by atoms with Gasteiger partial charge in [0.2, 0.25) is 5.78 Å². The monoisotopic (exact) mass is 501 g/mol. The Labute approximate surface area is 201 Å². The van der Waals surface area contributed by atoms with Crippen LogP contribution in [0.4, 0.5) is 5.69 Å². The summed E-state index contributed by atoms with van der Waals surface area (Å²) >= 11 is 5.93. The molecule has 0 saturated heterocycles. The molecule has 0 aliphatic carbocycles. The number of benzene rings is 3. The Morgan fingerprint density at radius 3 is 2.47 bits per heavy atom. The van der Waals surface area contributed by atoms with Crippen LogP contribution >= 0.6 is 11.6 Å². The number of fused-ring (bicyclic) bond motifs is 1. The van der Waals surface area contributed by atoms with Crippen LogP contribution in [0.2, 0.25) is 5.02 Å². The Kier molecular flexibility index (Phi) is 6.76. The van der Waals surface area contributed by atoms with Crippen molar-refractivity contribution >= 4 is 39.1 Å². The quantitative estimate of drug-likeness (QED) is 0.379. The fraction of sp³-hybridized carbons (Fsp3) is 0.167. The maximum atomic E-state index is 13.0. The van der Waals surface area contributed by atoms with E-state index in [1.54, 1.807) is 30.3 Å². The van der Waals surface area contributed by atoms with E-state index in [2.05, 4.69) is 4.72 Å². The lowest BCUT2D eigenvalue weighted by Crippen LogP contribution is -2.25. The van der Waals surface area contributed by atoms with Gasteiger partial charge in [0.05, 0.1) is 16.1 Å². The smallest absolute Gasteiger partial charge is 0.340 e. The number of nitrogens with one attached hydrogen (secondary N) is 1. The summed E-state index contributed by atoms with van der Waals surface area (Å²) in [6.45, 7) is 2.12. The van der Waals surface area contributed by atoms with E-state index in [1.807, 2.05) is 0 Å². The lowest BCUT2D eigenvalue weighted by Gasteiger charge is -2.19. The van der Waals surface area contributed by atoms with E-state index < -0.39 is 27.9 Å². The van der Waals surface area contributed by atoms with Gasteiger partial charge in [-0.25, -0.2) is 13.2 Å². The first-order valence-electron chi connectivity index (χ1n) is 10.3. The zero-order chi connectivity index (χ0) is 24.3. The lowest BCUT2D eigenvalue weighted by atomic mass is 10.1. The van der Waals surface area contributed by atoms with Crippen molar-refractivity contribution in [1.82, 2.24) is 0 Å². The Morgan fingerprint density at radius 1 is 0.971 bits per heavy atom. The van der Waals surface area contributed by atoms with Crippen LogP contribution in [0.3, 0.4) is 0 Å². The molecule has 0 aromatic heterocycles. The van der Waals surface area contributed by atoms with Crippen molar-refractivity contribution in [2.75, 3.05) is 17.9 Å². The lowest BCUT2D eigenvalue weighted by molar-refractivity contribution is 0.0320. The summed E-state index contributed by atoms with van der Waals surface area (Å²) in [6, 6.07) is 16.5. The number of para-hydroxylation sites is 1. The molecule has 3 aromatic carbocycles. The van der Waals surface area contributed by atoms with E-state index in [0.717, 1.165) is 0 Å². The summed E-state index contributed by atoms with van der Waals surface area (Å²) in [5.41, 5.74) is 0.250. The maximum absolute atomic E-state index is 13.0.